The van der Waals surface area contributed by atoms with Gasteiger partial charge in [-0.25, -0.2) is 13.8 Å². The Kier molecular flexibility index (Phi) is 4.54. The minimum absolute atomic E-state index is 0.0563. The van der Waals surface area contributed by atoms with Crippen molar-refractivity contribution < 1.29 is 18.7 Å². The van der Waals surface area contributed by atoms with E-state index in [4.69, 9.17) is 10.8 Å². The van der Waals surface area contributed by atoms with Gasteiger partial charge in [-0.2, -0.15) is 0 Å². The zero-order valence-corrected chi connectivity index (χ0v) is 10.2. The van der Waals surface area contributed by atoms with Crippen LogP contribution in [0.15, 0.2) is 6.07 Å². The number of nitrogens with two attached hydrogens (primary N) is 1. The second-order valence-corrected chi connectivity index (χ2v) is 4.20. The van der Waals surface area contributed by atoms with E-state index in [9.17, 15) is 13.6 Å². The van der Waals surface area contributed by atoms with Crippen molar-refractivity contribution in [2.24, 2.45) is 5.73 Å². The van der Waals surface area contributed by atoms with E-state index in [1.807, 2.05) is 0 Å². The lowest BCUT2D eigenvalue weighted by molar-refractivity contribution is -0.136. The fraction of sp³-hybridized carbons (Fsp3) is 0.333. The molecular weight excluding hydrogens is 333 g/mol. The molecule has 0 aromatic carbocycles. The first-order valence-corrected chi connectivity index (χ1v) is 5.41. The fourth-order valence-electron chi connectivity index (χ4n) is 1.23. The number of carboxylic acids is 1. The Hall–Kier alpha value is -0.830. The Morgan fingerprint density at radius 3 is 2.69 bits per heavy atom. The Bertz CT molecular complexity index is 413. The van der Waals surface area contributed by atoms with Crippen molar-refractivity contribution in [3.05, 3.63) is 26.6 Å². The largest absolute Gasteiger partial charge is 0.481 e. The molecule has 0 saturated heterocycles. The van der Waals surface area contributed by atoms with Gasteiger partial charge >= 0.3 is 5.97 Å². The molecule has 1 rings (SSSR count). The number of aliphatic carboxylic acids is 1. The molecule has 0 aliphatic heterocycles. The van der Waals surface area contributed by atoms with E-state index in [0.717, 1.165) is 0 Å². The van der Waals surface area contributed by atoms with E-state index in [1.165, 1.54) is 6.07 Å². The summed E-state index contributed by atoms with van der Waals surface area (Å²) < 4.78 is 25.3. The highest BCUT2D eigenvalue weighted by Crippen LogP contribution is 2.24. The Balaban J connectivity index is 3.20. The van der Waals surface area contributed by atoms with Crippen LogP contribution in [0.4, 0.5) is 8.78 Å². The van der Waals surface area contributed by atoms with Gasteiger partial charge in [0.15, 0.2) is 0 Å². The maximum atomic E-state index is 12.5. The molecule has 4 nitrogen and oxygen atoms in total. The van der Waals surface area contributed by atoms with Crippen LogP contribution in [0, 0.1) is 3.57 Å². The van der Waals surface area contributed by atoms with E-state index < -0.39 is 12.4 Å². The SMILES string of the molecule is NCc1nc(C(F)F)c(I)cc1CC(=O)O. The van der Waals surface area contributed by atoms with Gasteiger partial charge in [0, 0.05) is 10.1 Å². The normalized spacial score (nSPS) is 10.8. The molecule has 0 fully saturated rings. The number of alkyl halides is 2. The minimum Gasteiger partial charge on any atom is -0.481 e. The first-order chi connectivity index (χ1) is 7.45. The third-order valence-corrected chi connectivity index (χ3v) is 2.78. The lowest BCUT2D eigenvalue weighted by atomic mass is 10.1. The highest BCUT2D eigenvalue weighted by Gasteiger charge is 2.17. The predicted octanol–water partition coefficient (Wildman–Crippen LogP) is 1.71. The summed E-state index contributed by atoms with van der Waals surface area (Å²) in [6, 6.07) is 1.39. The molecule has 7 heteroatoms. The molecule has 88 valence electrons. The van der Waals surface area contributed by atoms with E-state index in [2.05, 4.69) is 4.98 Å². The number of carboxylic acid groups (broad SMARTS) is 1. The maximum Gasteiger partial charge on any atom is 0.307 e. The van der Waals surface area contributed by atoms with Crippen molar-refractivity contribution in [3.63, 3.8) is 0 Å². The molecule has 1 aromatic rings. The highest BCUT2D eigenvalue weighted by molar-refractivity contribution is 14.1. The summed E-state index contributed by atoms with van der Waals surface area (Å²) in [4.78, 5) is 14.2. The Labute approximate surface area is 104 Å². The van der Waals surface area contributed by atoms with Gasteiger partial charge in [0.05, 0.1) is 12.1 Å². The number of aromatic nitrogens is 1. The van der Waals surface area contributed by atoms with E-state index in [1.54, 1.807) is 22.6 Å². The van der Waals surface area contributed by atoms with E-state index in [-0.39, 0.29) is 27.9 Å². The fourth-order valence-corrected chi connectivity index (χ4v) is 1.96. The van der Waals surface area contributed by atoms with Crippen molar-refractivity contribution >= 4 is 28.6 Å². The van der Waals surface area contributed by atoms with Crippen LogP contribution in [0.2, 0.25) is 0 Å². The van der Waals surface area contributed by atoms with Crippen molar-refractivity contribution in [3.8, 4) is 0 Å². The maximum absolute atomic E-state index is 12.5. The van der Waals surface area contributed by atoms with Gasteiger partial charge < -0.3 is 10.8 Å². The van der Waals surface area contributed by atoms with Crippen molar-refractivity contribution in [1.29, 1.82) is 0 Å². The molecule has 0 saturated carbocycles. The number of carbonyl (C=O) groups is 1. The molecule has 0 bridgehead atoms. The van der Waals surface area contributed by atoms with Gasteiger partial charge in [-0.05, 0) is 34.2 Å². The number of nitrogens with zero attached hydrogens (tertiary/aromatic N) is 1. The Morgan fingerprint density at radius 1 is 1.62 bits per heavy atom. The summed E-state index contributed by atoms with van der Waals surface area (Å²) >= 11 is 1.70. The molecule has 0 aliphatic rings. The third-order valence-electron chi connectivity index (χ3n) is 1.91. The van der Waals surface area contributed by atoms with Gasteiger partial charge in [0.1, 0.15) is 5.69 Å². The van der Waals surface area contributed by atoms with Crippen LogP contribution in [0.3, 0.4) is 0 Å². The van der Waals surface area contributed by atoms with Crippen LogP contribution in [0.1, 0.15) is 23.4 Å². The first-order valence-electron chi connectivity index (χ1n) is 4.34. The average molecular weight is 342 g/mol. The summed E-state index contributed by atoms with van der Waals surface area (Å²) in [5.41, 5.74) is 5.58. The molecule has 0 radical (unpaired) electrons. The number of hydrogen-bond donors (Lipinski definition) is 2. The van der Waals surface area contributed by atoms with Crippen molar-refractivity contribution in [2.45, 2.75) is 19.4 Å². The molecule has 0 amide bonds. The third kappa shape index (κ3) is 3.08. The van der Waals surface area contributed by atoms with Gasteiger partial charge in [0.2, 0.25) is 0 Å². The highest BCUT2D eigenvalue weighted by atomic mass is 127. The summed E-state index contributed by atoms with van der Waals surface area (Å²) in [6.45, 7) is -0.0563. The molecule has 0 atom stereocenters. The van der Waals surface area contributed by atoms with Crippen LogP contribution in [-0.4, -0.2) is 16.1 Å². The molecule has 3 N–H and O–H groups in total. The average Bonchev–Trinajstić information content (AvgIpc) is 2.16. The number of halogens is 3. The second kappa shape index (κ2) is 5.48. The van der Waals surface area contributed by atoms with Crippen LogP contribution >= 0.6 is 22.6 Å². The number of rotatable bonds is 4. The zero-order valence-electron chi connectivity index (χ0n) is 8.08. The number of pyridine rings is 1. The predicted molar refractivity (Wildman–Crippen MR) is 61.1 cm³/mol. The van der Waals surface area contributed by atoms with Crippen LogP contribution in [0.25, 0.3) is 0 Å². The minimum atomic E-state index is -2.68. The molecule has 0 spiro atoms. The van der Waals surface area contributed by atoms with Crippen LogP contribution < -0.4 is 5.73 Å². The number of hydrogen-bond acceptors (Lipinski definition) is 3. The zero-order chi connectivity index (χ0) is 12.3. The molecule has 1 aromatic heterocycles. The monoisotopic (exact) mass is 342 g/mol. The molecule has 1 heterocycles. The summed E-state index contributed by atoms with van der Waals surface area (Å²) in [5, 5.41) is 8.64. The molecular formula is C9H9F2IN2O2. The van der Waals surface area contributed by atoms with Crippen LogP contribution in [0.5, 0.6) is 0 Å². The van der Waals surface area contributed by atoms with Crippen molar-refractivity contribution in [2.75, 3.05) is 0 Å². The van der Waals surface area contributed by atoms with Gasteiger partial charge in [0.25, 0.3) is 6.43 Å². The summed E-state index contributed by atoms with van der Waals surface area (Å²) in [7, 11) is 0. The quantitative estimate of drug-likeness (QED) is 0.817. The lowest BCUT2D eigenvalue weighted by Crippen LogP contribution is -2.12. The van der Waals surface area contributed by atoms with Gasteiger partial charge in [-0.3, -0.25) is 4.79 Å². The van der Waals surface area contributed by atoms with Crippen LogP contribution in [-0.2, 0) is 17.8 Å². The van der Waals surface area contributed by atoms with Gasteiger partial charge in [-0.15, -0.1) is 0 Å². The smallest absolute Gasteiger partial charge is 0.307 e. The molecule has 0 unspecified atom stereocenters. The first kappa shape index (κ1) is 13.2. The van der Waals surface area contributed by atoms with E-state index >= 15 is 0 Å². The molecule has 16 heavy (non-hydrogen) atoms. The van der Waals surface area contributed by atoms with E-state index in [0.29, 0.717) is 5.56 Å². The van der Waals surface area contributed by atoms with Crippen molar-refractivity contribution in [1.82, 2.24) is 4.98 Å². The second-order valence-electron chi connectivity index (χ2n) is 3.04. The topological polar surface area (TPSA) is 76.2 Å². The molecule has 0 aliphatic carbocycles. The summed E-state index contributed by atoms with van der Waals surface area (Å²) in [5.74, 6) is -1.04. The lowest BCUT2D eigenvalue weighted by Gasteiger charge is -2.09. The summed E-state index contributed by atoms with van der Waals surface area (Å²) in [6.07, 6.45) is -2.95. The standard InChI is InChI=1S/C9H9F2IN2O2/c10-9(11)8-5(12)1-4(2-7(15)16)6(3-13)14-8/h1,9H,2-3,13H2,(H,15,16). The van der Waals surface area contributed by atoms with Gasteiger partial charge in [-0.1, -0.05) is 0 Å². The Morgan fingerprint density at radius 2 is 2.25 bits per heavy atom.